The Morgan fingerprint density at radius 1 is 1.40 bits per heavy atom. The maximum absolute atomic E-state index is 11.1. The minimum Gasteiger partial charge on any atom is -0.481 e. The maximum atomic E-state index is 11.1. The highest BCUT2D eigenvalue weighted by Gasteiger charge is 2.25. The third-order valence-electron chi connectivity index (χ3n) is 4.02. The van der Waals surface area contributed by atoms with E-state index in [2.05, 4.69) is 22.0 Å². The van der Waals surface area contributed by atoms with Crippen LogP contribution in [0.3, 0.4) is 0 Å². The molecule has 2 heterocycles. The van der Waals surface area contributed by atoms with Crippen LogP contribution in [0.5, 0.6) is 0 Å². The van der Waals surface area contributed by atoms with Gasteiger partial charge in [0.05, 0.1) is 5.92 Å². The Balaban J connectivity index is 1.81. The van der Waals surface area contributed by atoms with E-state index in [-0.39, 0.29) is 5.92 Å². The first-order valence-electron chi connectivity index (χ1n) is 7.01. The van der Waals surface area contributed by atoms with Crippen LogP contribution < -0.4 is 0 Å². The number of aromatic nitrogens is 1. The quantitative estimate of drug-likeness (QED) is 0.931. The Morgan fingerprint density at radius 2 is 2.30 bits per heavy atom. The maximum Gasteiger partial charge on any atom is 0.307 e. The zero-order valence-corrected chi connectivity index (χ0v) is 11.3. The lowest BCUT2D eigenvalue weighted by Crippen LogP contribution is -2.38. The van der Waals surface area contributed by atoms with E-state index < -0.39 is 5.97 Å². The summed E-state index contributed by atoms with van der Waals surface area (Å²) in [7, 11) is 0. The first-order chi connectivity index (χ1) is 9.74. The lowest BCUT2D eigenvalue weighted by atomic mass is 9.97. The van der Waals surface area contributed by atoms with Crippen LogP contribution >= 0.6 is 0 Å². The predicted molar refractivity (Wildman–Crippen MR) is 77.4 cm³/mol. The second-order valence-corrected chi connectivity index (χ2v) is 5.43. The fourth-order valence-corrected chi connectivity index (χ4v) is 2.97. The van der Waals surface area contributed by atoms with Crippen LogP contribution in [0.1, 0.15) is 18.4 Å². The molecule has 4 nitrogen and oxygen atoms in total. The van der Waals surface area contributed by atoms with Crippen LogP contribution in [0, 0.1) is 5.92 Å². The van der Waals surface area contributed by atoms with Crippen molar-refractivity contribution in [3.8, 4) is 0 Å². The molecule has 20 heavy (non-hydrogen) atoms. The highest BCUT2D eigenvalue weighted by Crippen LogP contribution is 2.22. The van der Waals surface area contributed by atoms with Gasteiger partial charge in [-0.2, -0.15) is 0 Å². The van der Waals surface area contributed by atoms with Gasteiger partial charge in [0.15, 0.2) is 0 Å². The van der Waals surface area contributed by atoms with Crippen molar-refractivity contribution in [2.75, 3.05) is 13.1 Å². The Morgan fingerprint density at radius 3 is 3.15 bits per heavy atom. The number of carbonyl (C=O) groups is 1. The fourth-order valence-electron chi connectivity index (χ4n) is 2.97. The number of carboxylic acids is 1. The smallest absolute Gasteiger partial charge is 0.307 e. The normalized spacial score (nSPS) is 20.1. The lowest BCUT2D eigenvalue weighted by molar-refractivity contribution is -0.143. The standard InChI is InChI=1S/C16H18N2O2/c19-16(20)14-5-2-8-18(11-14)10-13-4-1-3-12-9-17-7-6-15(12)13/h1,3-4,6-7,9,14H,2,5,8,10-11H2,(H,19,20)/t14-/m0/s1. The van der Waals surface area contributed by atoms with Crippen molar-refractivity contribution in [3.05, 3.63) is 42.2 Å². The molecule has 1 atom stereocenters. The van der Waals surface area contributed by atoms with Crippen molar-refractivity contribution in [2.24, 2.45) is 5.92 Å². The van der Waals surface area contributed by atoms with E-state index in [1.165, 1.54) is 10.9 Å². The number of rotatable bonds is 3. The van der Waals surface area contributed by atoms with Crippen LogP contribution in [0.15, 0.2) is 36.7 Å². The van der Waals surface area contributed by atoms with Crippen LogP contribution in [0.2, 0.25) is 0 Å². The van der Waals surface area contributed by atoms with Crippen molar-refractivity contribution < 1.29 is 9.90 Å². The Hall–Kier alpha value is -1.94. The number of likely N-dealkylation sites (tertiary alicyclic amines) is 1. The van der Waals surface area contributed by atoms with Gasteiger partial charge in [0.25, 0.3) is 0 Å². The van der Waals surface area contributed by atoms with Gasteiger partial charge in [-0.05, 0) is 36.4 Å². The van der Waals surface area contributed by atoms with Gasteiger partial charge in [0.1, 0.15) is 0 Å². The molecule has 104 valence electrons. The van der Waals surface area contributed by atoms with Crippen molar-refractivity contribution in [1.82, 2.24) is 9.88 Å². The summed E-state index contributed by atoms with van der Waals surface area (Å²) in [5.41, 5.74) is 1.25. The predicted octanol–water partition coefficient (Wildman–Crippen LogP) is 2.53. The number of aliphatic carboxylic acids is 1. The van der Waals surface area contributed by atoms with E-state index in [4.69, 9.17) is 5.11 Å². The molecule has 1 saturated heterocycles. The average Bonchev–Trinajstić information content (AvgIpc) is 2.48. The third-order valence-corrected chi connectivity index (χ3v) is 4.02. The topological polar surface area (TPSA) is 53.4 Å². The molecule has 1 aromatic carbocycles. The highest BCUT2D eigenvalue weighted by molar-refractivity contribution is 5.84. The molecule has 4 heteroatoms. The Labute approximate surface area is 118 Å². The van der Waals surface area contributed by atoms with Gasteiger partial charge in [-0.3, -0.25) is 14.7 Å². The average molecular weight is 270 g/mol. The zero-order chi connectivity index (χ0) is 13.9. The molecule has 3 rings (SSSR count). The largest absolute Gasteiger partial charge is 0.481 e. The molecule has 0 amide bonds. The summed E-state index contributed by atoms with van der Waals surface area (Å²) >= 11 is 0. The van der Waals surface area contributed by atoms with E-state index in [1.807, 2.05) is 24.5 Å². The number of pyridine rings is 1. The molecule has 1 N–H and O–H groups in total. The lowest BCUT2D eigenvalue weighted by Gasteiger charge is -2.30. The molecule has 0 aliphatic carbocycles. The highest BCUT2D eigenvalue weighted by atomic mass is 16.4. The molecular weight excluding hydrogens is 252 g/mol. The Bertz CT molecular complexity index is 621. The van der Waals surface area contributed by atoms with E-state index in [9.17, 15) is 4.79 Å². The molecule has 0 bridgehead atoms. The van der Waals surface area contributed by atoms with Crippen molar-refractivity contribution >= 4 is 16.7 Å². The summed E-state index contributed by atoms with van der Waals surface area (Å²) < 4.78 is 0. The first kappa shape index (κ1) is 13.1. The van der Waals surface area contributed by atoms with Crippen LogP contribution in [-0.2, 0) is 11.3 Å². The monoisotopic (exact) mass is 270 g/mol. The summed E-state index contributed by atoms with van der Waals surface area (Å²) in [6.07, 6.45) is 5.44. The van der Waals surface area contributed by atoms with E-state index >= 15 is 0 Å². The third kappa shape index (κ3) is 2.65. The van der Waals surface area contributed by atoms with E-state index in [0.29, 0.717) is 6.54 Å². The van der Waals surface area contributed by atoms with Crippen LogP contribution in [-0.4, -0.2) is 34.0 Å². The van der Waals surface area contributed by atoms with Gasteiger partial charge >= 0.3 is 5.97 Å². The molecule has 1 fully saturated rings. The number of hydrogen-bond donors (Lipinski definition) is 1. The summed E-state index contributed by atoms with van der Waals surface area (Å²) in [6.45, 7) is 2.44. The van der Waals surface area contributed by atoms with Gasteiger partial charge in [0, 0.05) is 30.9 Å². The number of nitrogens with zero attached hydrogens (tertiary/aromatic N) is 2. The second kappa shape index (κ2) is 5.59. The molecular formula is C16H18N2O2. The zero-order valence-electron chi connectivity index (χ0n) is 11.3. The molecule has 1 aromatic heterocycles. The number of benzene rings is 1. The molecule has 1 aliphatic rings. The molecule has 0 saturated carbocycles. The minimum absolute atomic E-state index is 0.222. The molecule has 0 unspecified atom stereocenters. The Kier molecular flexibility index (Phi) is 3.65. The molecule has 0 radical (unpaired) electrons. The van der Waals surface area contributed by atoms with Gasteiger partial charge in [-0.15, -0.1) is 0 Å². The van der Waals surface area contributed by atoms with Crippen molar-refractivity contribution in [3.63, 3.8) is 0 Å². The van der Waals surface area contributed by atoms with Gasteiger partial charge < -0.3 is 5.11 Å². The van der Waals surface area contributed by atoms with Crippen LogP contribution in [0.25, 0.3) is 10.8 Å². The number of carboxylic acid groups (broad SMARTS) is 1. The molecule has 1 aliphatic heterocycles. The number of piperidine rings is 1. The summed E-state index contributed by atoms with van der Waals surface area (Å²) in [4.78, 5) is 17.5. The van der Waals surface area contributed by atoms with Crippen molar-refractivity contribution in [2.45, 2.75) is 19.4 Å². The summed E-state index contributed by atoms with van der Waals surface area (Å²) in [5.74, 6) is -0.891. The summed E-state index contributed by atoms with van der Waals surface area (Å²) in [5, 5.41) is 11.5. The van der Waals surface area contributed by atoms with E-state index in [1.54, 1.807) is 0 Å². The second-order valence-electron chi connectivity index (χ2n) is 5.43. The van der Waals surface area contributed by atoms with E-state index in [0.717, 1.165) is 31.3 Å². The van der Waals surface area contributed by atoms with Gasteiger partial charge in [-0.1, -0.05) is 18.2 Å². The summed E-state index contributed by atoms with van der Waals surface area (Å²) in [6, 6.07) is 8.25. The number of fused-ring (bicyclic) bond motifs is 1. The first-order valence-corrected chi connectivity index (χ1v) is 7.01. The SMILES string of the molecule is O=C(O)[C@H]1CCCN(Cc2cccc3cnccc23)C1. The fraction of sp³-hybridized carbons (Fsp3) is 0.375. The van der Waals surface area contributed by atoms with Crippen LogP contribution in [0.4, 0.5) is 0 Å². The van der Waals surface area contributed by atoms with Gasteiger partial charge in [-0.25, -0.2) is 0 Å². The minimum atomic E-state index is -0.670. The molecule has 0 spiro atoms. The van der Waals surface area contributed by atoms with Gasteiger partial charge in [0.2, 0.25) is 0 Å². The molecule has 2 aromatic rings. The number of hydrogen-bond acceptors (Lipinski definition) is 3. The van der Waals surface area contributed by atoms with Crippen molar-refractivity contribution in [1.29, 1.82) is 0 Å².